The fourth-order valence-electron chi connectivity index (χ4n) is 0.812. The molecule has 4 nitrogen and oxygen atoms in total. The molecule has 0 radical (unpaired) electrons. The lowest BCUT2D eigenvalue weighted by molar-refractivity contribution is -0.150. The maximum Gasteiger partial charge on any atom is 0.347 e. The molecule has 0 aliphatic heterocycles. The number of rotatable bonds is 4. The van der Waals surface area contributed by atoms with Crippen molar-refractivity contribution in [2.24, 2.45) is 0 Å². The summed E-state index contributed by atoms with van der Waals surface area (Å²) in [5.41, 5.74) is -0.283. The fraction of sp³-hybridized carbons (Fsp3) is 0.600. The molecule has 92 valence electrons. The first kappa shape index (κ1) is 15.4. The Bertz CT molecular complexity index is 280. The van der Waals surface area contributed by atoms with Crippen molar-refractivity contribution < 1.29 is 19.1 Å². The lowest BCUT2D eigenvalue weighted by Gasteiger charge is -2.12. The van der Waals surface area contributed by atoms with Gasteiger partial charge in [-0.2, -0.15) is 0 Å². The van der Waals surface area contributed by atoms with E-state index < -0.39 is 11.9 Å². The van der Waals surface area contributed by atoms with Gasteiger partial charge in [-0.05, 0) is 27.7 Å². The quantitative estimate of drug-likeness (QED) is 0.268. The first-order chi connectivity index (χ1) is 7.25. The zero-order chi connectivity index (χ0) is 12.9. The molecule has 0 saturated heterocycles. The lowest BCUT2D eigenvalue weighted by atomic mass is 10.3. The Morgan fingerprint density at radius 3 is 1.38 bits per heavy atom. The molecule has 0 aliphatic rings. The van der Waals surface area contributed by atoms with Gasteiger partial charge in [-0.15, -0.1) is 25.3 Å². The van der Waals surface area contributed by atoms with E-state index in [0.717, 1.165) is 0 Å². The summed E-state index contributed by atoms with van der Waals surface area (Å²) in [5, 5.41) is 0. The van der Waals surface area contributed by atoms with Crippen molar-refractivity contribution in [3.8, 4) is 0 Å². The van der Waals surface area contributed by atoms with Crippen LogP contribution in [0.25, 0.3) is 0 Å². The molecule has 0 aliphatic carbocycles. The topological polar surface area (TPSA) is 52.6 Å². The predicted molar refractivity (Wildman–Crippen MR) is 67.5 cm³/mol. The van der Waals surface area contributed by atoms with Crippen LogP contribution in [-0.4, -0.2) is 24.1 Å². The average Bonchev–Trinajstić information content (AvgIpc) is 1.98. The van der Waals surface area contributed by atoms with Crippen LogP contribution in [0.5, 0.6) is 0 Å². The monoisotopic (exact) mass is 264 g/mol. The van der Waals surface area contributed by atoms with Gasteiger partial charge < -0.3 is 9.47 Å². The van der Waals surface area contributed by atoms with Crippen LogP contribution in [0.3, 0.4) is 0 Å². The molecule has 6 heteroatoms. The summed E-state index contributed by atoms with van der Waals surface area (Å²) < 4.78 is 9.74. The highest BCUT2D eigenvalue weighted by Crippen LogP contribution is 2.17. The van der Waals surface area contributed by atoms with Gasteiger partial charge in [0.15, 0.2) is 5.57 Å². The molecule has 0 aromatic carbocycles. The summed E-state index contributed by atoms with van der Waals surface area (Å²) in [6.45, 7) is 6.72. The largest absolute Gasteiger partial charge is 0.459 e. The van der Waals surface area contributed by atoms with E-state index >= 15 is 0 Å². The van der Waals surface area contributed by atoms with E-state index in [1.54, 1.807) is 27.7 Å². The molecule has 0 unspecified atom stereocenters. The maximum absolute atomic E-state index is 11.5. The second-order valence-electron chi connectivity index (χ2n) is 3.61. The molecule has 0 spiro atoms. The van der Waals surface area contributed by atoms with Crippen LogP contribution in [0, 0.1) is 0 Å². The molecule has 0 aromatic rings. The van der Waals surface area contributed by atoms with Gasteiger partial charge >= 0.3 is 11.9 Å². The standard InChI is InChI=1S/C10H16O4S2/c1-5(2)13-8(11)7(10(15)16)9(12)14-6(3)4/h5-6,15-16H,1-4H3. The van der Waals surface area contributed by atoms with Gasteiger partial charge in [0.1, 0.15) is 0 Å². The maximum atomic E-state index is 11.5. The Labute approximate surface area is 106 Å². The first-order valence-corrected chi connectivity index (χ1v) is 5.69. The third-order valence-corrected chi connectivity index (χ3v) is 1.76. The molecule has 0 N–H and O–H groups in total. The van der Waals surface area contributed by atoms with Gasteiger partial charge in [0.05, 0.1) is 16.4 Å². The fourth-order valence-corrected chi connectivity index (χ4v) is 1.18. The molecular formula is C10H16O4S2. The van der Waals surface area contributed by atoms with Gasteiger partial charge in [-0.1, -0.05) is 0 Å². The van der Waals surface area contributed by atoms with Gasteiger partial charge in [-0.3, -0.25) is 0 Å². The van der Waals surface area contributed by atoms with Crippen molar-refractivity contribution >= 4 is 37.2 Å². The molecule has 0 saturated carbocycles. The summed E-state index contributed by atoms with van der Waals surface area (Å²) in [4.78, 5) is 23.1. The van der Waals surface area contributed by atoms with E-state index in [9.17, 15) is 9.59 Å². The first-order valence-electron chi connectivity index (χ1n) is 4.79. The van der Waals surface area contributed by atoms with E-state index in [2.05, 4.69) is 25.3 Å². The normalized spacial score (nSPS) is 10.2. The number of thiol groups is 2. The number of ether oxygens (including phenoxy) is 2. The van der Waals surface area contributed by atoms with Gasteiger partial charge in [-0.25, -0.2) is 9.59 Å². The zero-order valence-corrected chi connectivity index (χ0v) is 11.5. The van der Waals surface area contributed by atoms with Crippen LogP contribution in [0.4, 0.5) is 0 Å². The Kier molecular flexibility index (Phi) is 6.59. The molecule has 0 fully saturated rings. The zero-order valence-electron chi connectivity index (χ0n) is 9.68. The Balaban J connectivity index is 4.84. The van der Waals surface area contributed by atoms with Gasteiger partial charge in [0.25, 0.3) is 0 Å². The summed E-state index contributed by atoms with van der Waals surface area (Å²) in [5.74, 6) is -1.55. The minimum atomic E-state index is -0.777. The van der Waals surface area contributed by atoms with Crippen LogP contribution < -0.4 is 0 Å². The predicted octanol–water partition coefficient (Wildman–Crippen LogP) is 1.96. The van der Waals surface area contributed by atoms with Crippen molar-refractivity contribution in [2.45, 2.75) is 39.9 Å². The third kappa shape index (κ3) is 5.46. The highest BCUT2D eigenvalue weighted by atomic mass is 32.2. The minimum Gasteiger partial charge on any atom is -0.459 e. The van der Waals surface area contributed by atoms with E-state index in [0.29, 0.717) is 0 Å². The number of esters is 2. The average molecular weight is 264 g/mol. The van der Waals surface area contributed by atoms with Crippen LogP contribution in [-0.2, 0) is 19.1 Å². The molecule has 0 aromatic heterocycles. The summed E-state index contributed by atoms with van der Waals surface area (Å²) in [6, 6.07) is 0. The van der Waals surface area contributed by atoms with Crippen LogP contribution in [0.1, 0.15) is 27.7 Å². The lowest BCUT2D eigenvalue weighted by Crippen LogP contribution is -2.23. The van der Waals surface area contributed by atoms with Crippen molar-refractivity contribution in [1.82, 2.24) is 0 Å². The number of hydrogen-bond donors (Lipinski definition) is 2. The highest BCUT2D eigenvalue weighted by Gasteiger charge is 2.25. The minimum absolute atomic E-state index is 0.0173. The second-order valence-corrected chi connectivity index (χ2v) is 4.85. The van der Waals surface area contributed by atoms with Gasteiger partial charge in [0, 0.05) is 0 Å². The molecular weight excluding hydrogens is 248 g/mol. The van der Waals surface area contributed by atoms with Crippen molar-refractivity contribution in [1.29, 1.82) is 0 Å². The highest BCUT2D eigenvalue weighted by molar-refractivity contribution is 8.05. The SMILES string of the molecule is CC(C)OC(=O)C(C(=O)OC(C)C)=C(S)S. The van der Waals surface area contributed by atoms with Gasteiger partial charge in [0.2, 0.25) is 0 Å². The molecule has 0 atom stereocenters. The molecule has 0 rings (SSSR count). The third-order valence-electron chi connectivity index (χ3n) is 1.32. The number of carbonyl (C=O) groups is 2. The summed E-state index contributed by atoms with van der Waals surface area (Å²) >= 11 is 7.72. The Morgan fingerprint density at radius 2 is 1.19 bits per heavy atom. The smallest absolute Gasteiger partial charge is 0.347 e. The van der Waals surface area contributed by atoms with Crippen LogP contribution >= 0.6 is 25.3 Å². The number of hydrogen-bond acceptors (Lipinski definition) is 6. The Hall–Kier alpha value is -0.620. The second kappa shape index (κ2) is 6.85. The van der Waals surface area contributed by atoms with E-state index in [1.165, 1.54) is 0 Å². The molecule has 0 bridgehead atoms. The molecule has 0 heterocycles. The van der Waals surface area contributed by atoms with Crippen LogP contribution in [0.2, 0.25) is 0 Å². The summed E-state index contributed by atoms with van der Waals surface area (Å²) in [7, 11) is 0. The molecule has 16 heavy (non-hydrogen) atoms. The number of carbonyl (C=O) groups excluding carboxylic acids is 2. The van der Waals surface area contributed by atoms with Crippen molar-refractivity contribution in [2.75, 3.05) is 0 Å². The van der Waals surface area contributed by atoms with E-state index in [1.807, 2.05) is 0 Å². The van der Waals surface area contributed by atoms with E-state index in [-0.39, 0.29) is 22.0 Å². The van der Waals surface area contributed by atoms with Crippen molar-refractivity contribution in [3.05, 3.63) is 9.81 Å². The Morgan fingerprint density at radius 1 is 0.875 bits per heavy atom. The molecule has 0 amide bonds. The summed E-state index contributed by atoms with van der Waals surface area (Å²) in [6.07, 6.45) is -0.647. The van der Waals surface area contributed by atoms with E-state index in [4.69, 9.17) is 9.47 Å². The van der Waals surface area contributed by atoms with Crippen molar-refractivity contribution in [3.63, 3.8) is 0 Å². The van der Waals surface area contributed by atoms with Crippen LogP contribution in [0.15, 0.2) is 9.81 Å².